The summed E-state index contributed by atoms with van der Waals surface area (Å²) in [7, 11) is 0. The highest BCUT2D eigenvalue weighted by Gasteiger charge is 2.23. The monoisotopic (exact) mass is 330 g/mol. The van der Waals surface area contributed by atoms with Gasteiger partial charge in [0.25, 0.3) is 0 Å². The lowest BCUT2D eigenvalue weighted by Crippen LogP contribution is -1.98. The number of halogens is 2. The molecular formula is C21H24F2O. The van der Waals surface area contributed by atoms with Crippen LogP contribution in [0.4, 0.5) is 8.78 Å². The van der Waals surface area contributed by atoms with E-state index in [9.17, 15) is 8.78 Å². The zero-order valence-corrected chi connectivity index (χ0v) is 14.2. The number of ether oxygens (including phenoxy) is 1. The van der Waals surface area contributed by atoms with Gasteiger partial charge in [-0.3, -0.25) is 0 Å². The van der Waals surface area contributed by atoms with Gasteiger partial charge >= 0.3 is 0 Å². The van der Waals surface area contributed by atoms with Gasteiger partial charge in [0.15, 0.2) is 11.6 Å². The van der Waals surface area contributed by atoms with E-state index in [2.05, 4.69) is 6.92 Å². The maximum Gasteiger partial charge on any atom is 0.162 e. The van der Waals surface area contributed by atoms with Crippen molar-refractivity contribution in [3.63, 3.8) is 0 Å². The minimum Gasteiger partial charge on any atom is -0.494 e. The summed E-state index contributed by atoms with van der Waals surface area (Å²) in [4.78, 5) is 0. The fourth-order valence-electron chi connectivity index (χ4n) is 3.35. The first-order valence-electron chi connectivity index (χ1n) is 8.93. The topological polar surface area (TPSA) is 9.23 Å². The van der Waals surface area contributed by atoms with Crippen molar-refractivity contribution in [1.82, 2.24) is 0 Å². The zero-order chi connectivity index (χ0) is 16.9. The predicted molar refractivity (Wildman–Crippen MR) is 93.5 cm³/mol. The molecule has 0 bridgehead atoms. The van der Waals surface area contributed by atoms with Gasteiger partial charge in [-0.2, -0.15) is 0 Å². The van der Waals surface area contributed by atoms with Gasteiger partial charge in [0, 0.05) is 12.0 Å². The van der Waals surface area contributed by atoms with E-state index in [0.29, 0.717) is 18.6 Å². The van der Waals surface area contributed by atoms with E-state index >= 15 is 0 Å². The van der Waals surface area contributed by atoms with E-state index in [1.54, 1.807) is 6.07 Å². The van der Waals surface area contributed by atoms with Crippen molar-refractivity contribution in [2.24, 2.45) is 0 Å². The second kappa shape index (κ2) is 7.78. The summed E-state index contributed by atoms with van der Waals surface area (Å²) in [5.41, 5.74) is 3.25. The van der Waals surface area contributed by atoms with Gasteiger partial charge in [-0.25, -0.2) is 8.78 Å². The van der Waals surface area contributed by atoms with Gasteiger partial charge in [-0.05, 0) is 41.3 Å². The predicted octanol–water partition coefficient (Wildman–Crippen LogP) is 6.28. The Balaban J connectivity index is 1.57. The van der Waals surface area contributed by atoms with Gasteiger partial charge in [-0.1, -0.05) is 51.2 Å². The molecule has 1 aliphatic rings. The smallest absolute Gasteiger partial charge is 0.162 e. The summed E-state index contributed by atoms with van der Waals surface area (Å²) < 4.78 is 33.2. The molecular weight excluding hydrogens is 306 g/mol. The van der Waals surface area contributed by atoms with Crippen molar-refractivity contribution in [2.75, 3.05) is 6.61 Å². The highest BCUT2D eigenvalue weighted by Crippen LogP contribution is 2.40. The molecule has 0 spiro atoms. The average Bonchev–Trinajstić information content (AvgIpc) is 2.96. The van der Waals surface area contributed by atoms with Gasteiger partial charge in [0.05, 0.1) is 6.61 Å². The first-order chi connectivity index (χ1) is 11.7. The third-order valence-corrected chi connectivity index (χ3v) is 4.70. The lowest BCUT2D eigenvalue weighted by Gasteiger charge is -2.08. The molecule has 3 heteroatoms. The molecule has 0 radical (unpaired) electrons. The molecule has 0 saturated heterocycles. The summed E-state index contributed by atoms with van der Waals surface area (Å²) in [6, 6.07) is 8.70. The van der Waals surface area contributed by atoms with Crippen LogP contribution >= 0.6 is 0 Å². The molecule has 0 aromatic heterocycles. The van der Waals surface area contributed by atoms with Crippen LogP contribution in [0.2, 0.25) is 0 Å². The molecule has 0 fully saturated rings. The van der Waals surface area contributed by atoms with Crippen LogP contribution in [-0.4, -0.2) is 6.61 Å². The molecule has 0 unspecified atom stereocenters. The first-order valence-corrected chi connectivity index (χ1v) is 8.93. The molecule has 0 amide bonds. The molecule has 2 aromatic rings. The molecule has 0 atom stereocenters. The zero-order valence-electron chi connectivity index (χ0n) is 14.2. The summed E-state index contributed by atoms with van der Waals surface area (Å²) in [6.07, 6.45) is 7.82. The first kappa shape index (κ1) is 16.9. The Hall–Kier alpha value is -1.90. The Morgan fingerprint density at radius 2 is 1.67 bits per heavy atom. The van der Waals surface area contributed by atoms with Crippen molar-refractivity contribution >= 4 is 0 Å². The molecule has 24 heavy (non-hydrogen) atoms. The Morgan fingerprint density at radius 1 is 0.917 bits per heavy atom. The minimum absolute atomic E-state index is 0.433. The molecule has 0 N–H and O–H groups in total. The van der Waals surface area contributed by atoms with E-state index < -0.39 is 11.6 Å². The number of benzene rings is 2. The van der Waals surface area contributed by atoms with Crippen molar-refractivity contribution in [3.8, 4) is 16.9 Å². The minimum atomic E-state index is -0.777. The standard InChI is InChI=1S/C21H24F2O/c1-2-3-4-5-6-7-12-24-16-8-9-17-15(13-16)14-19-18(17)10-11-20(22)21(19)23/h8-11,13H,2-7,12,14H2,1H3. The summed E-state index contributed by atoms with van der Waals surface area (Å²) in [5, 5.41) is 0. The number of fused-ring (bicyclic) bond motifs is 3. The fraction of sp³-hybridized carbons (Fsp3) is 0.429. The van der Waals surface area contributed by atoms with E-state index in [0.717, 1.165) is 28.9 Å². The molecule has 0 saturated carbocycles. The van der Waals surface area contributed by atoms with E-state index in [4.69, 9.17) is 4.74 Å². The summed E-state index contributed by atoms with van der Waals surface area (Å²) in [5.74, 6) is -0.685. The van der Waals surface area contributed by atoms with Crippen molar-refractivity contribution < 1.29 is 13.5 Å². The quantitative estimate of drug-likeness (QED) is 0.442. The molecule has 128 valence electrons. The number of hydrogen-bond donors (Lipinski definition) is 0. The van der Waals surface area contributed by atoms with Crippen LogP contribution in [-0.2, 0) is 6.42 Å². The van der Waals surface area contributed by atoms with Crippen molar-refractivity contribution in [1.29, 1.82) is 0 Å². The second-order valence-electron chi connectivity index (χ2n) is 6.50. The highest BCUT2D eigenvalue weighted by atomic mass is 19.2. The Kier molecular flexibility index (Phi) is 5.49. The number of rotatable bonds is 8. The SMILES string of the molecule is CCCCCCCCOc1ccc2c(c1)Cc1c-2ccc(F)c1F. The third kappa shape index (κ3) is 3.61. The van der Waals surface area contributed by atoms with Crippen LogP contribution in [0.15, 0.2) is 30.3 Å². The van der Waals surface area contributed by atoms with E-state index in [1.807, 2.05) is 18.2 Å². The maximum atomic E-state index is 13.9. The van der Waals surface area contributed by atoms with Crippen LogP contribution in [0.3, 0.4) is 0 Å². The normalized spacial score (nSPS) is 12.1. The maximum absolute atomic E-state index is 13.9. The van der Waals surface area contributed by atoms with E-state index in [-0.39, 0.29) is 0 Å². The molecule has 1 aliphatic carbocycles. The van der Waals surface area contributed by atoms with Crippen molar-refractivity contribution in [2.45, 2.75) is 51.9 Å². The number of unbranched alkanes of at least 4 members (excludes halogenated alkanes) is 5. The van der Waals surface area contributed by atoms with Crippen LogP contribution in [0, 0.1) is 11.6 Å². The van der Waals surface area contributed by atoms with Crippen LogP contribution in [0.1, 0.15) is 56.6 Å². The van der Waals surface area contributed by atoms with Crippen molar-refractivity contribution in [3.05, 3.63) is 53.1 Å². The largest absolute Gasteiger partial charge is 0.494 e. The lowest BCUT2D eigenvalue weighted by atomic mass is 10.1. The van der Waals surface area contributed by atoms with Gasteiger partial charge < -0.3 is 4.74 Å². The van der Waals surface area contributed by atoms with Crippen LogP contribution in [0.25, 0.3) is 11.1 Å². The average molecular weight is 330 g/mol. The summed E-state index contributed by atoms with van der Waals surface area (Å²) >= 11 is 0. The molecule has 3 rings (SSSR count). The Morgan fingerprint density at radius 3 is 2.50 bits per heavy atom. The Bertz CT molecular complexity index is 709. The molecule has 0 aliphatic heterocycles. The van der Waals surface area contributed by atoms with E-state index in [1.165, 1.54) is 38.2 Å². The van der Waals surface area contributed by atoms with Gasteiger partial charge in [0.1, 0.15) is 5.75 Å². The lowest BCUT2D eigenvalue weighted by molar-refractivity contribution is 0.304. The second-order valence-corrected chi connectivity index (χ2v) is 6.50. The van der Waals surface area contributed by atoms with Gasteiger partial charge in [-0.15, -0.1) is 0 Å². The Labute approximate surface area is 142 Å². The van der Waals surface area contributed by atoms with Crippen LogP contribution < -0.4 is 4.74 Å². The fourth-order valence-corrected chi connectivity index (χ4v) is 3.35. The third-order valence-electron chi connectivity index (χ3n) is 4.70. The highest BCUT2D eigenvalue weighted by molar-refractivity contribution is 5.77. The van der Waals surface area contributed by atoms with Crippen LogP contribution in [0.5, 0.6) is 5.75 Å². The molecule has 2 aromatic carbocycles. The number of hydrogen-bond acceptors (Lipinski definition) is 1. The summed E-state index contributed by atoms with van der Waals surface area (Å²) in [6.45, 7) is 2.93. The molecule has 0 heterocycles. The van der Waals surface area contributed by atoms with Gasteiger partial charge in [0.2, 0.25) is 0 Å². The molecule has 1 nitrogen and oxygen atoms in total.